The van der Waals surface area contributed by atoms with Crippen molar-refractivity contribution in [2.75, 3.05) is 50.0 Å². The molecule has 26 heavy (non-hydrogen) atoms. The standard InChI is InChI=1S/C18H22FN5O2/c19-15-3-1-14(2-4-15)13-18(25)21-17-6-5-16(22-23-17)20-7-8-24-9-11-26-12-10-24/h1-6H,7-13H2,(H,20,22)(H,21,23,25). The first-order valence-corrected chi connectivity index (χ1v) is 8.61. The highest BCUT2D eigenvalue weighted by atomic mass is 19.1. The van der Waals surface area contributed by atoms with E-state index in [0.29, 0.717) is 11.6 Å². The normalized spacial score (nSPS) is 14.8. The van der Waals surface area contributed by atoms with Gasteiger partial charge in [0.1, 0.15) is 11.6 Å². The van der Waals surface area contributed by atoms with E-state index in [9.17, 15) is 9.18 Å². The molecule has 0 unspecified atom stereocenters. The fourth-order valence-electron chi connectivity index (χ4n) is 2.63. The van der Waals surface area contributed by atoms with Gasteiger partial charge in [0, 0.05) is 26.2 Å². The van der Waals surface area contributed by atoms with Crippen molar-refractivity contribution in [1.82, 2.24) is 15.1 Å². The number of hydrogen-bond donors (Lipinski definition) is 2. The third-order valence-corrected chi connectivity index (χ3v) is 4.05. The second-order valence-electron chi connectivity index (χ2n) is 6.04. The summed E-state index contributed by atoms with van der Waals surface area (Å²) in [6.07, 6.45) is 0.154. The largest absolute Gasteiger partial charge is 0.379 e. The lowest BCUT2D eigenvalue weighted by Gasteiger charge is -2.26. The number of nitrogens with zero attached hydrogens (tertiary/aromatic N) is 3. The topological polar surface area (TPSA) is 79.4 Å². The highest BCUT2D eigenvalue weighted by molar-refractivity contribution is 5.91. The number of aromatic nitrogens is 2. The van der Waals surface area contributed by atoms with Gasteiger partial charge in [0.05, 0.1) is 19.6 Å². The average molecular weight is 359 g/mol. The number of morpholine rings is 1. The van der Waals surface area contributed by atoms with Gasteiger partial charge >= 0.3 is 0 Å². The van der Waals surface area contributed by atoms with Gasteiger partial charge in [0.25, 0.3) is 0 Å². The van der Waals surface area contributed by atoms with Crippen molar-refractivity contribution in [3.05, 3.63) is 47.8 Å². The second kappa shape index (κ2) is 9.21. The molecule has 138 valence electrons. The van der Waals surface area contributed by atoms with Crippen molar-refractivity contribution in [1.29, 1.82) is 0 Å². The third-order valence-electron chi connectivity index (χ3n) is 4.05. The molecule has 7 nitrogen and oxygen atoms in total. The van der Waals surface area contributed by atoms with Gasteiger partial charge in [0.2, 0.25) is 5.91 Å². The zero-order valence-corrected chi connectivity index (χ0v) is 14.4. The maximum atomic E-state index is 12.9. The van der Waals surface area contributed by atoms with E-state index < -0.39 is 0 Å². The summed E-state index contributed by atoms with van der Waals surface area (Å²) in [7, 11) is 0. The number of hydrogen-bond acceptors (Lipinski definition) is 6. The number of nitrogens with one attached hydrogen (secondary N) is 2. The van der Waals surface area contributed by atoms with Crippen molar-refractivity contribution >= 4 is 17.5 Å². The van der Waals surface area contributed by atoms with Crippen LogP contribution in [0.1, 0.15) is 5.56 Å². The Kier molecular flexibility index (Phi) is 6.45. The van der Waals surface area contributed by atoms with Crippen molar-refractivity contribution in [2.45, 2.75) is 6.42 Å². The molecule has 2 N–H and O–H groups in total. The number of halogens is 1. The first-order valence-electron chi connectivity index (χ1n) is 8.61. The van der Waals surface area contributed by atoms with Crippen molar-refractivity contribution in [3.8, 4) is 0 Å². The van der Waals surface area contributed by atoms with Crippen LogP contribution in [-0.2, 0) is 16.0 Å². The lowest BCUT2D eigenvalue weighted by atomic mass is 10.1. The molecule has 0 saturated carbocycles. The van der Waals surface area contributed by atoms with Gasteiger partial charge in [0.15, 0.2) is 5.82 Å². The Labute approximate surface area is 151 Å². The van der Waals surface area contributed by atoms with E-state index in [4.69, 9.17) is 4.74 Å². The Morgan fingerprint density at radius 3 is 2.46 bits per heavy atom. The fourth-order valence-corrected chi connectivity index (χ4v) is 2.63. The Morgan fingerprint density at radius 2 is 1.77 bits per heavy atom. The van der Waals surface area contributed by atoms with Gasteiger partial charge in [-0.1, -0.05) is 12.1 Å². The Morgan fingerprint density at radius 1 is 1.08 bits per heavy atom. The van der Waals surface area contributed by atoms with Crippen LogP contribution in [0.15, 0.2) is 36.4 Å². The number of benzene rings is 1. The van der Waals surface area contributed by atoms with E-state index >= 15 is 0 Å². The van der Waals surface area contributed by atoms with E-state index in [-0.39, 0.29) is 18.1 Å². The summed E-state index contributed by atoms with van der Waals surface area (Å²) in [6.45, 7) is 5.16. The van der Waals surface area contributed by atoms with Gasteiger partial charge < -0.3 is 15.4 Å². The summed E-state index contributed by atoms with van der Waals surface area (Å²) in [5, 5.41) is 14.0. The molecule has 1 aliphatic rings. The number of anilines is 2. The summed E-state index contributed by atoms with van der Waals surface area (Å²) >= 11 is 0. The molecule has 2 aromatic rings. The molecular formula is C18H22FN5O2. The van der Waals surface area contributed by atoms with Gasteiger partial charge in [-0.25, -0.2) is 4.39 Å². The molecule has 1 saturated heterocycles. The Bertz CT molecular complexity index is 703. The SMILES string of the molecule is O=C(Cc1ccc(F)cc1)Nc1ccc(NCCN2CCOCC2)nn1. The molecule has 1 aromatic heterocycles. The lowest BCUT2D eigenvalue weighted by molar-refractivity contribution is -0.115. The Hall–Kier alpha value is -2.58. The van der Waals surface area contributed by atoms with Crippen LogP contribution in [0.25, 0.3) is 0 Å². The highest BCUT2D eigenvalue weighted by Gasteiger charge is 2.10. The average Bonchev–Trinajstić information content (AvgIpc) is 2.66. The molecule has 0 bridgehead atoms. The summed E-state index contributed by atoms with van der Waals surface area (Å²) < 4.78 is 18.2. The molecule has 2 heterocycles. The lowest BCUT2D eigenvalue weighted by Crippen LogP contribution is -2.39. The van der Waals surface area contributed by atoms with Crippen molar-refractivity contribution in [3.63, 3.8) is 0 Å². The van der Waals surface area contributed by atoms with Gasteiger partial charge in [-0.3, -0.25) is 9.69 Å². The van der Waals surface area contributed by atoms with E-state index in [1.807, 2.05) is 0 Å². The minimum atomic E-state index is -0.322. The molecule has 3 rings (SSSR count). The van der Waals surface area contributed by atoms with Crippen LogP contribution >= 0.6 is 0 Å². The maximum absolute atomic E-state index is 12.9. The van der Waals surface area contributed by atoms with Gasteiger partial charge in [-0.05, 0) is 29.8 Å². The molecule has 1 amide bonds. The van der Waals surface area contributed by atoms with Crippen LogP contribution in [0.2, 0.25) is 0 Å². The molecule has 0 atom stereocenters. The zero-order valence-electron chi connectivity index (χ0n) is 14.4. The zero-order chi connectivity index (χ0) is 18.2. The molecule has 1 aromatic carbocycles. The first-order chi connectivity index (χ1) is 12.7. The highest BCUT2D eigenvalue weighted by Crippen LogP contribution is 2.08. The van der Waals surface area contributed by atoms with E-state index in [2.05, 4.69) is 25.7 Å². The van der Waals surface area contributed by atoms with Crippen molar-refractivity contribution in [2.24, 2.45) is 0 Å². The first kappa shape index (κ1) is 18.2. The fraction of sp³-hybridized carbons (Fsp3) is 0.389. The molecule has 0 radical (unpaired) electrons. The molecular weight excluding hydrogens is 337 g/mol. The number of carbonyl (C=O) groups excluding carboxylic acids is 1. The minimum absolute atomic E-state index is 0.154. The molecule has 1 fully saturated rings. The number of rotatable bonds is 7. The monoisotopic (exact) mass is 359 g/mol. The van der Waals surface area contributed by atoms with Crippen molar-refractivity contribution < 1.29 is 13.9 Å². The maximum Gasteiger partial charge on any atom is 0.229 e. The van der Waals surface area contributed by atoms with E-state index in [1.54, 1.807) is 24.3 Å². The Balaban J connectivity index is 1.41. The summed E-state index contributed by atoms with van der Waals surface area (Å²) in [6, 6.07) is 9.32. The number of ether oxygens (including phenoxy) is 1. The smallest absolute Gasteiger partial charge is 0.229 e. The summed E-state index contributed by atoms with van der Waals surface area (Å²) in [5.41, 5.74) is 0.734. The predicted molar refractivity (Wildman–Crippen MR) is 96.5 cm³/mol. The van der Waals surface area contributed by atoms with Crippen LogP contribution in [0, 0.1) is 5.82 Å². The van der Waals surface area contributed by atoms with E-state index in [1.165, 1.54) is 12.1 Å². The summed E-state index contributed by atoms with van der Waals surface area (Å²) in [5.74, 6) is 0.501. The minimum Gasteiger partial charge on any atom is -0.379 e. The molecule has 1 aliphatic heterocycles. The number of amides is 1. The second-order valence-corrected chi connectivity index (χ2v) is 6.04. The summed E-state index contributed by atoms with van der Waals surface area (Å²) in [4.78, 5) is 14.3. The van der Waals surface area contributed by atoms with Crippen LogP contribution in [-0.4, -0.2) is 60.4 Å². The quantitative estimate of drug-likeness (QED) is 0.781. The predicted octanol–water partition coefficient (Wildman–Crippen LogP) is 1.54. The molecule has 8 heteroatoms. The van der Waals surface area contributed by atoms with Crippen LogP contribution < -0.4 is 10.6 Å². The molecule has 0 spiro atoms. The van der Waals surface area contributed by atoms with Crippen LogP contribution in [0.4, 0.5) is 16.0 Å². The van der Waals surface area contributed by atoms with Crippen LogP contribution in [0.3, 0.4) is 0 Å². The van der Waals surface area contributed by atoms with Crippen LogP contribution in [0.5, 0.6) is 0 Å². The molecule has 0 aliphatic carbocycles. The van der Waals surface area contributed by atoms with Gasteiger partial charge in [-0.15, -0.1) is 10.2 Å². The van der Waals surface area contributed by atoms with Gasteiger partial charge in [-0.2, -0.15) is 0 Å². The van der Waals surface area contributed by atoms with E-state index in [0.717, 1.165) is 45.0 Å². The number of carbonyl (C=O) groups is 1. The third kappa shape index (κ3) is 5.75.